The number of pyridine rings is 2. The van der Waals surface area contributed by atoms with Crippen LogP contribution in [0.3, 0.4) is 0 Å². The number of nitrogens with zero attached hydrogens (tertiary/aromatic N) is 2. The Labute approximate surface area is 198 Å². The van der Waals surface area contributed by atoms with Crippen molar-refractivity contribution in [1.29, 1.82) is 0 Å². The number of benzene rings is 3. The highest BCUT2D eigenvalue weighted by molar-refractivity contribution is 5.75. The molecule has 150 valence electrons. The molecule has 0 saturated carbocycles. The second kappa shape index (κ2) is 9.96. The van der Waals surface area contributed by atoms with Gasteiger partial charge in [0.15, 0.2) is 25.5 Å². The van der Waals surface area contributed by atoms with E-state index >= 15 is 0 Å². The fourth-order valence-corrected chi connectivity index (χ4v) is 3.94. The molecule has 0 bridgehead atoms. The number of fused-ring (bicyclic) bond motifs is 2. The molecule has 3 aromatic carbocycles. The lowest BCUT2D eigenvalue weighted by atomic mass is 10.1. The van der Waals surface area contributed by atoms with Crippen LogP contribution in [0.25, 0.3) is 21.8 Å². The van der Waals surface area contributed by atoms with Crippen molar-refractivity contribution in [2.24, 2.45) is 0 Å². The lowest BCUT2D eigenvalue weighted by molar-refractivity contribution is -0.663. The molecule has 5 aromatic rings. The molecule has 0 spiro atoms. The smallest absolute Gasteiger partial charge is 0.212 e. The van der Waals surface area contributed by atoms with Crippen LogP contribution < -0.4 is 43.1 Å². The predicted molar refractivity (Wildman–Crippen MR) is 113 cm³/mol. The fourth-order valence-electron chi connectivity index (χ4n) is 3.94. The average Bonchev–Trinajstić information content (AvgIpc) is 2.75. The Hall–Kier alpha value is -2.56. The van der Waals surface area contributed by atoms with Gasteiger partial charge in [-0.15, -0.1) is 0 Å². The summed E-state index contributed by atoms with van der Waals surface area (Å²) < 4.78 is 4.64. The second-order valence-corrected chi connectivity index (χ2v) is 7.21. The molecule has 0 fully saturated rings. The Morgan fingerprint density at radius 3 is 1.40 bits per heavy atom. The Bertz CT molecular complexity index is 1180. The molecule has 0 N–H and O–H groups in total. The summed E-state index contributed by atoms with van der Waals surface area (Å²) in [5, 5.41) is 2.54. The second-order valence-electron chi connectivity index (χ2n) is 7.21. The van der Waals surface area contributed by atoms with E-state index in [0.29, 0.717) is 0 Å². The Morgan fingerprint density at radius 1 is 0.467 bits per heavy atom. The molecular formula is C26H22Br2N2. The van der Waals surface area contributed by atoms with Crippen LogP contribution in [-0.4, -0.2) is 0 Å². The van der Waals surface area contributed by atoms with E-state index in [2.05, 4.69) is 119 Å². The summed E-state index contributed by atoms with van der Waals surface area (Å²) in [6, 6.07) is 34.6. The summed E-state index contributed by atoms with van der Waals surface area (Å²) in [7, 11) is 0. The van der Waals surface area contributed by atoms with Crippen molar-refractivity contribution in [3.05, 3.63) is 121 Å². The van der Waals surface area contributed by atoms with Crippen molar-refractivity contribution in [3.8, 4) is 0 Å². The van der Waals surface area contributed by atoms with Crippen molar-refractivity contribution < 1.29 is 43.1 Å². The van der Waals surface area contributed by atoms with E-state index in [1.165, 1.54) is 32.9 Å². The van der Waals surface area contributed by atoms with Crippen LogP contribution in [0, 0.1) is 0 Å². The summed E-state index contributed by atoms with van der Waals surface area (Å²) in [6.07, 6.45) is 4.32. The van der Waals surface area contributed by atoms with E-state index in [1.807, 2.05) is 0 Å². The lowest BCUT2D eigenvalue weighted by Crippen LogP contribution is -3.00. The molecule has 4 heteroatoms. The fraction of sp³-hybridized carbons (Fsp3) is 0.0769. The number of hydrogen-bond donors (Lipinski definition) is 0. The lowest BCUT2D eigenvalue weighted by Gasteiger charge is -2.05. The van der Waals surface area contributed by atoms with Gasteiger partial charge >= 0.3 is 0 Å². The van der Waals surface area contributed by atoms with E-state index < -0.39 is 0 Å². The molecule has 0 aliphatic heterocycles. The summed E-state index contributed by atoms with van der Waals surface area (Å²) in [5.74, 6) is 0. The van der Waals surface area contributed by atoms with Crippen LogP contribution in [0.2, 0.25) is 0 Å². The minimum Gasteiger partial charge on any atom is -1.00 e. The summed E-state index contributed by atoms with van der Waals surface area (Å²) >= 11 is 0. The van der Waals surface area contributed by atoms with E-state index in [1.54, 1.807) is 0 Å². The third-order valence-corrected chi connectivity index (χ3v) is 5.27. The molecular weight excluding hydrogens is 500 g/mol. The van der Waals surface area contributed by atoms with Gasteiger partial charge in [-0.3, -0.25) is 0 Å². The standard InChI is InChI=1S/C26H22N2.2BrH/c1-3-14-25-23(10-1)12-6-16-27(25)19-21-8-5-9-22(18-21)20-28-17-7-13-24-11-2-4-15-26(24)28;;/h1-18H,19-20H2;2*1H/q+2;;/p-2. The molecule has 0 radical (unpaired) electrons. The molecule has 0 aliphatic rings. The van der Waals surface area contributed by atoms with Gasteiger partial charge in [-0.25, -0.2) is 0 Å². The predicted octanol–water partition coefficient (Wildman–Crippen LogP) is -1.33. The summed E-state index contributed by atoms with van der Waals surface area (Å²) in [4.78, 5) is 0. The van der Waals surface area contributed by atoms with E-state index in [0.717, 1.165) is 13.1 Å². The monoisotopic (exact) mass is 520 g/mol. The number of rotatable bonds is 4. The first-order chi connectivity index (χ1) is 13.9. The van der Waals surface area contributed by atoms with Gasteiger partial charge in [0.2, 0.25) is 11.0 Å². The van der Waals surface area contributed by atoms with Crippen LogP contribution in [-0.2, 0) is 13.1 Å². The SMILES string of the molecule is [Br-].[Br-].c1cc(C[n+]2cccc3ccccc32)cc(C[n+]2cccc3ccccc32)c1. The van der Waals surface area contributed by atoms with E-state index in [4.69, 9.17) is 0 Å². The number of aromatic nitrogens is 2. The first-order valence-corrected chi connectivity index (χ1v) is 9.69. The molecule has 0 unspecified atom stereocenters. The molecule has 0 amide bonds. The topological polar surface area (TPSA) is 7.76 Å². The quantitative estimate of drug-likeness (QED) is 0.259. The average molecular weight is 522 g/mol. The minimum absolute atomic E-state index is 0. The van der Waals surface area contributed by atoms with Crippen molar-refractivity contribution in [1.82, 2.24) is 0 Å². The van der Waals surface area contributed by atoms with Crippen LogP contribution in [0.15, 0.2) is 109 Å². The van der Waals surface area contributed by atoms with E-state index in [9.17, 15) is 0 Å². The zero-order valence-electron chi connectivity index (χ0n) is 16.5. The Kier molecular flexibility index (Phi) is 7.35. The van der Waals surface area contributed by atoms with Gasteiger partial charge in [0.05, 0.1) is 0 Å². The van der Waals surface area contributed by atoms with Crippen molar-refractivity contribution >= 4 is 21.8 Å². The summed E-state index contributed by atoms with van der Waals surface area (Å²) in [5.41, 5.74) is 5.16. The molecule has 0 atom stereocenters. The molecule has 0 saturated heterocycles. The van der Waals surface area contributed by atoms with Gasteiger partial charge in [0.1, 0.15) is 0 Å². The Morgan fingerprint density at radius 2 is 0.900 bits per heavy atom. The zero-order chi connectivity index (χ0) is 18.8. The first kappa shape index (κ1) is 22.1. The molecule has 5 rings (SSSR count). The van der Waals surface area contributed by atoms with Crippen LogP contribution in [0.5, 0.6) is 0 Å². The highest BCUT2D eigenvalue weighted by Crippen LogP contribution is 2.12. The van der Waals surface area contributed by atoms with Gasteiger partial charge in [0.25, 0.3) is 0 Å². The summed E-state index contributed by atoms with van der Waals surface area (Å²) in [6.45, 7) is 1.74. The van der Waals surface area contributed by atoms with Gasteiger partial charge in [0, 0.05) is 46.2 Å². The maximum absolute atomic E-state index is 2.32. The van der Waals surface area contributed by atoms with Crippen LogP contribution in [0.4, 0.5) is 0 Å². The van der Waals surface area contributed by atoms with Crippen LogP contribution >= 0.6 is 0 Å². The van der Waals surface area contributed by atoms with Crippen LogP contribution in [0.1, 0.15) is 11.1 Å². The maximum Gasteiger partial charge on any atom is 0.212 e. The van der Waals surface area contributed by atoms with Gasteiger partial charge in [-0.05, 0) is 30.3 Å². The molecule has 2 nitrogen and oxygen atoms in total. The highest BCUT2D eigenvalue weighted by atomic mass is 79.9. The third kappa shape index (κ3) is 4.61. The van der Waals surface area contributed by atoms with E-state index in [-0.39, 0.29) is 34.0 Å². The van der Waals surface area contributed by atoms with Gasteiger partial charge in [-0.2, -0.15) is 9.13 Å². The third-order valence-electron chi connectivity index (χ3n) is 5.27. The minimum atomic E-state index is 0. The van der Waals surface area contributed by atoms with Gasteiger partial charge in [-0.1, -0.05) is 42.5 Å². The number of hydrogen-bond acceptors (Lipinski definition) is 0. The Balaban J connectivity index is 0.00000128. The van der Waals surface area contributed by atoms with Crippen molar-refractivity contribution in [3.63, 3.8) is 0 Å². The highest BCUT2D eigenvalue weighted by Gasteiger charge is 2.12. The molecule has 0 aliphatic carbocycles. The zero-order valence-corrected chi connectivity index (χ0v) is 19.6. The normalized spacial score (nSPS) is 10.4. The number of halogens is 2. The molecule has 30 heavy (non-hydrogen) atoms. The van der Waals surface area contributed by atoms with Gasteiger partial charge < -0.3 is 34.0 Å². The molecule has 2 heterocycles. The molecule has 2 aromatic heterocycles. The maximum atomic E-state index is 2.32. The first-order valence-electron chi connectivity index (χ1n) is 9.69. The van der Waals surface area contributed by atoms with Crippen molar-refractivity contribution in [2.45, 2.75) is 13.1 Å². The number of para-hydroxylation sites is 2. The largest absolute Gasteiger partial charge is 1.00 e. The van der Waals surface area contributed by atoms with Crippen molar-refractivity contribution in [2.75, 3.05) is 0 Å².